The summed E-state index contributed by atoms with van der Waals surface area (Å²) < 4.78 is 12.7. The van der Waals surface area contributed by atoms with Crippen LogP contribution < -0.4 is 9.47 Å². The van der Waals surface area contributed by atoms with Crippen molar-refractivity contribution in [1.29, 1.82) is 0 Å². The average molecular weight is 530 g/mol. The molecule has 3 aliphatic rings. The second-order valence-electron chi connectivity index (χ2n) is 8.41. The van der Waals surface area contributed by atoms with Crippen LogP contribution in [0.15, 0.2) is 58.1 Å². The van der Waals surface area contributed by atoms with Gasteiger partial charge >= 0.3 is 0 Å². The molecule has 0 N–H and O–H groups in total. The zero-order chi connectivity index (χ0) is 23.1. The Bertz CT molecular complexity index is 1130. The van der Waals surface area contributed by atoms with E-state index in [0.29, 0.717) is 35.3 Å². The van der Waals surface area contributed by atoms with Gasteiger partial charge in [0.1, 0.15) is 6.61 Å². The summed E-state index contributed by atoms with van der Waals surface area (Å²) in [6, 6.07) is 11.2. The van der Waals surface area contributed by atoms with E-state index in [2.05, 4.69) is 33.2 Å². The minimum atomic E-state index is -0.276. The van der Waals surface area contributed by atoms with Crippen molar-refractivity contribution in [2.45, 2.75) is 20.0 Å². The van der Waals surface area contributed by atoms with Crippen LogP contribution in [0.25, 0.3) is 0 Å². The van der Waals surface area contributed by atoms with Gasteiger partial charge in [-0.05, 0) is 60.6 Å². The van der Waals surface area contributed by atoms with Crippen LogP contribution in [0.5, 0.6) is 11.5 Å². The van der Waals surface area contributed by atoms with E-state index < -0.39 is 0 Å². The molecule has 1 heterocycles. The van der Waals surface area contributed by atoms with Crippen molar-refractivity contribution < 1.29 is 19.1 Å². The van der Waals surface area contributed by atoms with Crippen molar-refractivity contribution in [2.75, 3.05) is 6.61 Å². The molecule has 170 valence electrons. The molecule has 0 spiro atoms. The molecule has 2 aromatic rings. The largest absolute Gasteiger partial charge is 0.490 e. The normalized spacial score (nSPS) is 25.4. The minimum absolute atomic E-state index is 0.151. The standard InChI is InChI=1S/C25H22BrClN2O4/c1-2-32-20-10-15(9-19(27)23(20)33-13-14-3-7-18(26)8-4-14)12-28-29-24(30)21-16-5-6-17(11-16)22(21)25(29)31/h3-10,12,16-17,21-22H,2,11,13H2,1H3/t16-,17-,21-,22+/m0/s1. The van der Waals surface area contributed by atoms with Crippen molar-refractivity contribution in [3.8, 4) is 11.5 Å². The van der Waals surface area contributed by atoms with Crippen LogP contribution >= 0.6 is 27.5 Å². The molecule has 5 rings (SSSR count). The number of rotatable bonds is 7. The molecule has 1 aliphatic heterocycles. The lowest BCUT2D eigenvalue weighted by Crippen LogP contribution is -2.28. The summed E-state index contributed by atoms with van der Waals surface area (Å²) in [5, 5.41) is 5.61. The predicted molar refractivity (Wildman–Crippen MR) is 128 cm³/mol. The molecule has 2 bridgehead atoms. The van der Waals surface area contributed by atoms with Crippen molar-refractivity contribution >= 4 is 45.6 Å². The molecule has 33 heavy (non-hydrogen) atoms. The van der Waals surface area contributed by atoms with Crippen LogP contribution in [0.3, 0.4) is 0 Å². The van der Waals surface area contributed by atoms with Crippen LogP contribution in [0.4, 0.5) is 0 Å². The van der Waals surface area contributed by atoms with Crippen molar-refractivity contribution in [1.82, 2.24) is 5.01 Å². The number of fused-ring (bicyclic) bond motifs is 5. The molecular formula is C25H22BrClN2O4. The number of carbonyl (C=O) groups excluding carboxylic acids is 2. The van der Waals surface area contributed by atoms with Gasteiger partial charge in [-0.2, -0.15) is 10.1 Å². The van der Waals surface area contributed by atoms with Crippen LogP contribution in [0, 0.1) is 23.7 Å². The maximum atomic E-state index is 12.8. The highest BCUT2D eigenvalue weighted by atomic mass is 79.9. The first kappa shape index (κ1) is 22.2. The van der Waals surface area contributed by atoms with Gasteiger partial charge in [0.25, 0.3) is 11.8 Å². The highest BCUT2D eigenvalue weighted by molar-refractivity contribution is 9.10. The van der Waals surface area contributed by atoms with Crippen molar-refractivity contribution in [3.63, 3.8) is 0 Å². The van der Waals surface area contributed by atoms with E-state index in [1.807, 2.05) is 31.2 Å². The smallest absolute Gasteiger partial charge is 0.254 e. The maximum absolute atomic E-state index is 12.8. The van der Waals surface area contributed by atoms with Gasteiger partial charge in [-0.15, -0.1) is 0 Å². The number of nitrogens with zero attached hydrogens (tertiary/aromatic N) is 2. The molecule has 1 saturated carbocycles. The second kappa shape index (κ2) is 8.95. The van der Waals surface area contributed by atoms with Crippen LogP contribution in [0.1, 0.15) is 24.5 Å². The first-order chi connectivity index (χ1) is 16.0. The Morgan fingerprint density at radius 1 is 1.09 bits per heavy atom. The summed E-state index contributed by atoms with van der Waals surface area (Å²) in [5.74, 6) is 0.219. The SMILES string of the molecule is CCOc1cc(C=NN2C(=O)[C@@H]3[C@H](C2=O)[C@H]2C=C[C@H]3C2)cc(Cl)c1OCc1ccc(Br)cc1. The highest BCUT2D eigenvalue weighted by Crippen LogP contribution is 2.52. The number of ether oxygens (including phenoxy) is 2. The lowest BCUT2D eigenvalue weighted by atomic mass is 9.85. The third kappa shape index (κ3) is 4.08. The topological polar surface area (TPSA) is 68.2 Å². The third-order valence-electron chi connectivity index (χ3n) is 6.40. The molecule has 2 amide bonds. The second-order valence-corrected chi connectivity index (χ2v) is 9.73. The molecule has 2 fully saturated rings. The maximum Gasteiger partial charge on any atom is 0.254 e. The number of hydrogen-bond acceptors (Lipinski definition) is 5. The van der Waals surface area contributed by atoms with Crippen molar-refractivity contribution in [2.24, 2.45) is 28.8 Å². The third-order valence-corrected chi connectivity index (χ3v) is 7.21. The number of hydrazone groups is 1. The number of carbonyl (C=O) groups is 2. The molecule has 2 aromatic carbocycles. The number of amides is 2. The lowest BCUT2D eigenvalue weighted by molar-refractivity contribution is -0.140. The Hall–Kier alpha value is -2.64. The summed E-state index contributed by atoms with van der Waals surface area (Å²) in [6.07, 6.45) is 6.48. The first-order valence-corrected chi connectivity index (χ1v) is 12.1. The van der Waals surface area contributed by atoms with Crippen molar-refractivity contribution in [3.05, 3.63) is 69.2 Å². The Morgan fingerprint density at radius 2 is 1.76 bits per heavy atom. The van der Waals surface area contributed by atoms with Crippen LogP contribution in [0.2, 0.25) is 5.02 Å². The average Bonchev–Trinajstić information content (AvgIpc) is 3.47. The molecular weight excluding hydrogens is 508 g/mol. The van der Waals surface area contributed by atoms with E-state index in [9.17, 15) is 9.59 Å². The van der Waals surface area contributed by atoms with Crippen LogP contribution in [-0.2, 0) is 16.2 Å². The summed E-state index contributed by atoms with van der Waals surface area (Å²) in [7, 11) is 0. The molecule has 4 atom stereocenters. The Balaban J connectivity index is 1.34. The zero-order valence-electron chi connectivity index (χ0n) is 17.9. The van der Waals surface area contributed by atoms with Gasteiger partial charge in [0.05, 0.1) is 29.7 Å². The van der Waals surface area contributed by atoms with Gasteiger partial charge in [0, 0.05) is 4.47 Å². The fourth-order valence-corrected chi connectivity index (χ4v) is 5.46. The molecule has 0 unspecified atom stereocenters. The predicted octanol–water partition coefficient (Wildman–Crippen LogP) is 5.22. The fourth-order valence-electron chi connectivity index (χ4n) is 4.93. The van der Waals surface area contributed by atoms with E-state index in [4.69, 9.17) is 21.1 Å². The molecule has 1 saturated heterocycles. The zero-order valence-corrected chi connectivity index (χ0v) is 20.3. The molecule has 6 nitrogen and oxygen atoms in total. The van der Waals surface area contributed by atoms with Gasteiger partial charge < -0.3 is 9.47 Å². The van der Waals surface area contributed by atoms with E-state index >= 15 is 0 Å². The molecule has 8 heteroatoms. The summed E-state index contributed by atoms with van der Waals surface area (Å²) >= 11 is 9.93. The van der Waals surface area contributed by atoms with Gasteiger partial charge in [-0.25, -0.2) is 0 Å². The first-order valence-electron chi connectivity index (χ1n) is 10.9. The number of benzene rings is 2. The van der Waals surface area contributed by atoms with E-state index in [0.717, 1.165) is 21.5 Å². The minimum Gasteiger partial charge on any atom is -0.490 e. The Morgan fingerprint density at radius 3 is 2.39 bits per heavy atom. The molecule has 2 aliphatic carbocycles. The molecule has 0 radical (unpaired) electrons. The number of imide groups is 1. The Labute approximate surface area is 205 Å². The number of hydrogen-bond donors (Lipinski definition) is 0. The van der Waals surface area contributed by atoms with Gasteiger partial charge in [0.2, 0.25) is 0 Å². The van der Waals surface area contributed by atoms with Crippen LogP contribution in [-0.4, -0.2) is 29.6 Å². The fraction of sp³-hybridized carbons (Fsp3) is 0.320. The van der Waals surface area contributed by atoms with E-state index in [1.165, 1.54) is 6.21 Å². The summed E-state index contributed by atoms with van der Waals surface area (Å²) in [5.41, 5.74) is 1.60. The number of halogens is 2. The monoisotopic (exact) mass is 528 g/mol. The van der Waals surface area contributed by atoms with Gasteiger partial charge in [-0.3, -0.25) is 9.59 Å². The van der Waals surface area contributed by atoms with Gasteiger partial charge in [-0.1, -0.05) is 51.8 Å². The number of allylic oxidation sites excluding steroid dienone is 2. The quantitative estimate of drug-likeness (QED) is 0.280. The van der Waals surface area contributed by atoms with E-state index in [1.54, 1.807) is 12.1 Å². The molecule has 0 aromatic heterocycles. The summed E-state index contributed by atoms with van der Waals surface area (Å²) in [6.45, 7) is 2.63. The highest BCUT2D eigenvalue weighted by Gasteiger charge is 2.59. The van der Waals surface area contributed by atoms with E-state index in [-0.39, 0.29) is 35.5 Å². The summed E-state index contributed by atoms with van der Waals surface area (Å²) in [4.78, 5) is 25.6. The lowest BCUT2D eigenvalue weighted by Gasteiger charge is -2.15. The van der Waals surface area contributed by atoms with Gasteiger partial charge in [0.15, 0.2) is 11.5 Å². The Kier molecular flexibility index (Phi) is 6.01.